The summed E-state index contributed by atoms with van der Waals surface area (Å²) in [6.45, 7) is -0.0816. The minimum Gasteiger partial charge on any atom is -0.496 e. The Morgan fingerprint density at radius 3 is 2.14 bits per heavy atom. The second kappa shape index (κ2) is 6.64. The van der Waals surface area contributed by atoms with Crippen molar-refractivity contribution in [2.45, 2.75) is 6.61 Å². The van der Waals surface area contributed by atoms with Gasteiger partial charge in [-0.05, 0) is 29.3 Å². The van der Waals surface area contributed by atoms with Crippen molar-refractivity contribution in [1.29, 1.82) is 5.26 Å². The highest BCUT2D eigenvalue weighted by Crippen LogP contribution is 2.34. The smallest absolute Gasteiger partial charge is 0.292 e. The van der Waals surface area contributed by atoms with Crippen molar-refractivity contribution in [2.24, 2.45) is 0 Å². The fourth-order valence-electron chi connectivity index (χ4n) is 2.04. The third kappa shape index (κ3) is 3.07. The first-order valence-corrected chi connectivity index (χ1v) is 6.25. The normalized spacial score (nSPS) is 9.81. The van der Waals surface area contributed by atoms with Gasteiger partial charge in [0.25, 0.3) is 6.26 Å². The second-order valence-corrected chi connectivity index (χ2v) is 4.24. The van der Waals surface area contributed by atoms with Gasteiger partial charge in [-0.2, -0.15) is 0 Å². The molecule has 0 bridgehead atoms. The van der Waals surface area contributed by atoms with Crippen LogP contribution in [-0.4, -0.2) is 19.3 Å². The van der Waals surface area contributed by atoms with Crippen molar-refractivity contribution in [3.63, 3.8) is 0 Å². The van der Waals surface area contributed by atoms with E-state index in [1.807, 2.05) is 18.2 Å². The summed E-state index contributed by atoms with van der Waals surface area (Å²) in [4.78, 5) is 0. The van der Waals surface area contributed by atoms with Crippen molar-refractivity contribution in [3.8, 4) is 34.6 Å². The van der Waals surface area contributed by atoms with E-state index in [9.17, 15) is 5.11 Å². The van der Waals surface area contributed by atoms with Gasteiger partial charge in [0.05, 0.1) is 20.8 Å². The highest BCUT2D eigenvalue weighted by atomic mass is 16.5. The zero-order valence-corrected chi connectivity index (χ0v) is 11.8. The molecule has 5 nitrogen and oxygen atoms in total. The van der Waals surface area contributed by atoms with E-state index >= 15 is 0 Å². The maximum atomic E-state index is 9.24. The molecule has 21 heavy (non-hydrogen) atoms. The van der Waals surface area contributed by atoms with Crippen molar-refractivity contribution < 1.29 is 19.3 Å². The molecule has 2 aromatic rings. The third-order valence-electron chi connectivity index (χ3n) is 3.11. The molecule has 108 valence electrons. The van der Waals surface area contributed by atoms with Crippen LogP contribution in [-0.2, 0) is 6.61 Å². The van der Waals surface area contributed by atoms with Crippen LogP contribution in [0.4, 0.5) is 0 Å². The third-order valence-corrected chi connectivity index (χ3v) is 3.11. The van der Waals surface area contributed by atoms with E-state index in [0.29, 0.717) is 17.2 Å². The molecule has 2 rings (SSSR count). The van der Waals surface area contributed by atoms with Crippen molar-refractivity contribution in [2.75, 3.05) is 14.2 Å². The van der Waals surface area contributed by atoms with E-state index in [0.717, 1.165) is 16.7 Å². The monoisotopic (exact) mass is 285 g/mol. The topological polar surface area (TPSA) is 71.7 Å². The molecule has 0 radical (unpaired) electrons. The number of rotatable bonds is 5. The first-order chi connectivity index (χ1) is 10.2. The summed E-state index contributed by atoms with van der Waals surface area (Å²) in [6.07, 6.45) is 1.62. The van der Waals surface area contributed by atoms with Crippen LogP contribution in [0.25, 0.3) is 11.1 Å². The lowest BCUT2D eigenvalue weighted by molar-refractivity contribution is 0.274. The number of ether oxygens (including phenoxy) is 3. The molecule has 0 aliphatic rings. The highest BCUT2D eigenvalue weighted by molar-refractivity contribution is 5.69. The number of methoxy groups -OCH3 is 2. The molecule has 0 fully saturated rings. The summed E-state index contributed by atoms with van der Waals surface area (Å²) in [5.41, 5.74) is 2.52. The summed E-state index contributed by atoms with van der Waals surface area (Å²) in [5.74, 6) is 1.45. The van der Waals surface area contributed by atoms with Gasteiger partial charge in [0.1, 0.15) is 5.75 Å². The van der Waals surface area contributed by atoms with Crippen LogP contribution < -0.4 is 14.2 Å². The maximum Gasteiger partial charge on any atom is 0.292 e. The Kier molecular flexibility index (Phi) is 4.64. The summed E-state index contributed by atoms with van der Waals surface area (Å²) < 4.78 is 15.3. The lowest BCUT2D eigenvalue weighted by Crippen LogP contribution is -1.93. The molecule has 0 spiro atoms. The largest absolute Gasteiger partial charge is 0.496 e. The average Bonchev–Trinajstić information content (AvgIpc) is 2.54. The highest BCUT2D eigenvalue weighted by Gasteiger charge is 2.09. The number of hydrogen-bond acceptors (Lipinski definition) is 5. The molecule has 0 amide bonds. The van der Waals surface area contributed by atoms with Gasteiger partial charge in [-0.25, -0.2) is 0 Å². The van der Waals surface area contributed by atoms with E-state index in [1.165, 1.54) is 7.11 Å². The Balaban J connectivity index is 2.45. The van der Waals surface area contributed by atoms with Gasteiger partial charge in [-0.15, -0.1) is 5.26 Å². The van der Waals surface area contributed by atoms with Gasteiger partial charge < -0.3 is 19.3 Å². The minimum atomic E-state index is -0.0816. The molecule has 0 heterocycles. The SMILES string of the molecule is COc1cc(-c2ccc(OC#N)c(OC)c2)ccc1CO. The molecule has 0 aromatic heterocycles. The van der Waals surface area contributed by atoms with E-state index in [4.69, 9.17) is 19.5 Å². The predicted molar refractivity (Wildman–Crippen MR) is 77.1 cm³/mol. The van der Waals surface area contributed by atoms with Gasteiger partial charge in [0.15, 0.2) is 11.5 Å². The van der Waals surface area contributed by atoms with Crippen molar-refractivity contribution >= 4 is 0 Å². The molecule has 0 atom stereocenters. The van der Waals surface area contributed by atoms with Crippen LogP contribution in [0.2, 0.25) is 0 Å². The molecular weight excluding hydrogens is 270 g/mol. The first-order valence-electron chi connectivity index (χ1n) is 6.25. The zero-order valence-electron chi connectivity index (χ0n) is 11.8. The van der Waals surface area contributed by atoms with E-state index < -0.39 is 0 Å². The summed E-state index contributed by atoms with van der Waals surface area (Å²) in [7, 11) is 3.07. The fourth-order valence-corrected chi connectivity index (χ4v) is 2.04. The van der Waals surface area contributed by atoms with Crippen LogP contribution in [0.5, 0.6) is 17.2 Å². The molecular formula is C16H15NO4. The standard InChI is InChI=1S/C16H15NO4/c1-19-15-7-11(3-4-13(15)9-18)12-5-6-14(21-10-17)16(8-12)20-2/h3-8,18H,9H2,1-2H3. The van der Waals surface area contributed by atoms with Gasteiger partial charge >= 0.3 is 0 Å². The molecule has 0 aliphatic carbocycles. The van der Waals surface area contributed by atoms with Crippen LogP contribution in [0.3, 0.4) is 0 Å². The Morgan fingerprint density at radius 2 is 1.57 bits per heavy atom. The fraction of sp³-hybridized carbons (Fsp3) is 0.188. The summed E-state index contributed by atoms with van der Waals surface area (Å²) in [6, 6.07) is 10.8. The molecule has 1 N–H and O–H groups in total. The molecule has 0 unspecified atom stereocenters. The maximum absolute atomic E-state index is 9.24. The van der Waals surface area contributed by atoms with Crippen LogP contribution in [0.15, 0.2) is 36.4 Å². The van der Waals surface area contributed by atoms with Crippen LogP contribution in [0, 0.1) is 11.5 Å². The lowest BCUT2D eigenvalue weighted by atomic mass is 10.0. The number of aliphatic hydroxyl groups is 1. The Bertz CT molecular complexity index is 676. The number of nitriles is 1. The van der Waals surface area contributed by atoms with E-state index in [1.54, 1.807) is 31.6 Å². The lowest BCUT2D eigenvalue weighted by Gasteiger charge is -2.11. The zero-order chi connectivity index (χ0) is 15.2. The number of aliphatic hydroxyl groups excluding tert-OH is 1. The van der Waals surface area contributed by atoms with Gasteiger partial charge in [-0.3, -0.25) is 0 Å². The number of nitrogens with zero attached hydrogens (tertiary/aromatic N) is 1. The van der Waals surface area contributed by atoms with Crippen molar-refractivity contribution in [3.05, 3.63) is 42.0 Å². The van der Waals surface area contributed by atoms with Gasteiger partial charge in [0.2, 0.25) is 0 Å². The molecule has 2 aromatic carbocycles. The van der Waals surface area contributed by atoms with Crippen LogP contribution in [0.1, 0.15) is 5.56 Å². The molecule has 0 saturated carbocycles. The Morgan fingerprint density at radius 1 is 0.952 bits per heavy atom. The quantitative estimate of drug-likeness (QED) is 0.855. The molecule has 0 saturated heterocycles. The molecule has 5 heteroatoms. The minimum absolute atomic E-state index is 0.0816. The van der Waals surface area contributed by atoms with Gasteiger partial charge in [0, 0.05) is 5.56 Å². The number of hydrogen-bond donors (Lipinski definition) is 1. The molecule has 0 aliphatic heterocycles. The van der Waals surface area contributed by atoms with E-state index in [-0.39, 0.29) is 6.61 Å². The summed E-state index contributed by atoms with van der Waals surface area (Å²) >= 11 is 0. The Labute approximate surface area is 122 Å². The predicted octanol–water partition coefficient (Wildman–Crippen LogP) is 2.72. The Hall–Kier alpha value is -2.71. The van der Waals surface area contributed by atoms with Crippen LogP contribution >= 0.6 is 0 Å². The van der Waals surface area contributed by atoms with E-state index in [2.05, 4.69) is 0 Å². The second-order valence-electron chi connectivity index (χ2n) is 4.24. The first kappa shape index (κ1) is 14.7. The number of benzene rings is 2. The van der Waals surface area contributed by atoms with Gasteiger partial charge in [-0.1, -0.05) is 18.2 Å². The average molecular weight is 285 g/mol. The summed E-state index contributed by atoms with van der Waals surface area (Å²) in [5, 5.41) is 17.8. The van der Waals surface area contributed by atoms with Crippen molar-refractivity contribution in [1.82, 2.24) is 0 Å².